The lowest BCUT2D eigenvalue weighted by Crippen LogP contribution is -2.40. The zero-order valence-corrected chi connectivity index (χ0v) is 10.9. The number of nitrogens with one attached hydrogen (secondary N) is 1. The summed E-state index contributed by atoms with van der Waals surface area (Å²) in [6.07, 6.45) is 0.228. The highest BCUT2D eigenvalue weighted by Crippen LogP contribution is 2.35. The molecule has 1 aliphatic heterocycles. The van der Waals surface area contributed by atoms with Gasteiger partial charge in [-0.25, -0.2) is 0 Å². The molecule has 1 N–H and O–H groups in total. The molecule has 0 aliphatic carbocycles. The molecule has 82 valence electrons. The van der Waals surface area contributed by atoms with Crippen LogP contribution in [0.5, 0.6) is 5.75 Å². The van der Waals surface area contributed by atoms with Crippen LogP contribution in [0.2, 0.25) is 0 Å². The number of hydrogen-bond donors (Lipinski definition) is 1. The molecule has 1 aliphatic rings. The number of rotatable bonds is 0. The Hall–Kier alpha value is -0.700. The summed E-state index contributed by atoms with van der Waals surface area (Å²) in [6.45, 7) is 7.46. The lowest BCUT2D eigenvalue weighted by atomic mass is 9.88. The van der Waals surface area contributed by atoms with Gasteiger partial charge in [0.15, 0.2) is 0 Å². The molecule has 0 bridgehead atoms. The van der Waals surface area contributed by atoms with Gasteiger partial charge in [-0.2, -0.15) is 0 Å². The second kappa shape index (κ2) is 3.71. The van der Waals surface area contributed by atoms with Gasteiger partial charge >= 0.3 is 0 Å². The Morgan fingerprint density at radius 2 is 2.13 bits per heavy atom. The third-order valence-electron chi connectivity index (χ3n) is 2.65. The number of ether oxygens (including phenoxy) is 1. The fourth-order valence-corrected chi connectivity index (χ4v) is 1.98. The van der Waals surface area contributed by atoms with E-state index >= 15 is 0 Å². The van der Waals surface area contributed by atoms with Gasteiger partial charge in [0.25, 0.3) is 0 Å². The molecular formula is C12H16BrNO. The summed E-state index contributed by atoms with van der Waals surface area (Å²) in [6, 6.07) is 6.06. The van der Waals surface area contributed by atoms with Gasteiger partial charge in [0.2, 0.25) is 0 Å². The predicted octanol–water partition coefficient (Wildman–Crippen LogP) is 3.67. The van der Waals surface area contributed by atoms with E-state index in [0.717, 1.165) is 22.5 Å². The molecule has 2 nitrogen and oxygen atoms in total. The molecule has 0 saturated carbocycles. The fraction of sp³-hybridized carbons (Fsp3) is 0.500. The van der Waals surface area contributed by atoms with Gasteiger partial charge in [-0.05, 0) is 18.2 Å². The standard InChI is InChI=1S/C12H16BrNO/c1-12(2,3)11-7-14-9-6-8(13)4-5-10(9)15-11/h4-6,11,14H,7H2,1-3H3. The average Bonchev–Trinajstić information content (AvgIpc) is 2.15. The first kappa shape index (κ1) is 10.8. The van der Waals surface area contributed by atoms with Crippen LogP contribution in [0.1, 0.15) is 20.8 Å². The average molecular weight is 270 g/mol. The topological polar surface area (TPSA) is 21.3 Å². The van der Waals surface area contributed by atoms with Crippen molar-refractivity contribution in [1.82, 2.24) is 0 Å². The first-order valence-electron chi connectivity index (χ1n) is 5.17. The summed E-state index contributed by atoms with van der Waals surface area (Å²) < 4.78 is 7.04. The van der Waals surface area contributed by atoms with E-state index in [4.69, 9.17) is 4.74 Å². The highest BCUT2D eigenvalue weighted by atomic mass is 79.9. The SMILES string of the molecule is CC(C)(C)C1CNc2cc(Br)ccc2O1. The molecule has 0 fully saturated rings. The lowest BCUT2D eigenvalue weighted by molar-refractivity contribution is 0.0922. The number of fused-ring (bicyclic) bond motifs is 1. The zero-order chi connectivity index (χ0) is 11.1. The van der Waals surface area contributed by atoms with Crippen molar-refractivity contribution in [2.45, 2.75) is 26.9 Å². The molecule has 3 heteroatoms. The van der Waals surface area contributed by atoms with Gasteiger partial charge < -0.3 is 10.1 Å². The molecule has 1 heterocycles. The van der Waals surface area contributed by atoms with Crippen molar-refractivity contribution in [3.8, 4) is 5.75 Å². The van der Waals surface area contributed by atoms with Crippen LogP contribution in [-0.4, -0.2) is 12.6 Å². The largest absolute Gasteiger partial charge is 0.486 e. The molecule has 0 aromatic heterocycles. The van der Waals surface area contributed by atoms with Gasteiger partial charge in [-0.15, -0.1) is 0 Å². The molecule has 1 unspecified atom stereocenters. The van der Waals surface area contributed by atoms with E-state index in [1.165, 1.54) is 0 Å². The van der Waals surface area contributed by atoms with Gasteiger partial charge in [-0.3, -0.25) is 0 Å². The Kier molecular flexibility index (Phi) is 2.67. The van der Waals surface area contributed by atoms with Gasteiger partial charge in [0.05, 0.1) is 12.2 Å². The maximum Gasteiger partial charge on any atom is 0.143 e. The first-order chi connectivity index (χ1) is 6.97. The quantitative estimate of drug-likeness (QED) is 0.776. The second-order valence-corrected chi connectivity index (χ2v) is 5.91. The smallest absolute Gasteiger partial charge is 0.143 e. The van der Waals surface area contributed by atoms with Crippen LogP contribution in [0.3, 0.4) is 0 Å². The Balaban J connectivity index is 2.24. The molecule has 0 saturated heterocycles. The van der Waals surface area contributed by atoms with E-state index in [9.17, 15) is 0 Å². The predicted molar refractivity (Wildman–Crippen MR) is 66.5 cm³/mol. The van der Waals surface area contributed by atoms with Crippen molar-refractivity contribution >= 4 is 21.6 Å². The third kappa shape index (κ3) is 2.28. The Morgan fingerprint density at radius 3 is 2.80 bits per heavy atom. The Bertz CT molecular complexity index is 370. The molecule has 15 heavy (non-hydrogen) atoms. The summed E-state index contributed by atoms with van der Waals surface area (Å²) in [5, 5.41) is 3.41. The highest BCUT2D eigenvalue weighted by Gasteiger charge is 2.30. The van der Waals surface area contributed by atoms with Crippen LogP contribution in [0.4, 0.5) is 5.69 Å². The summed E-state index contributed by atoms with van der Waals surface area (Å²) in [4.78, 5) is 0. The summed E-state index contributed by atoms with van der Waals surface area (Å²) in [5.74, 6) is 0.948. The van der Waals surface area contributed by atoms with Crippen molar-refractivity contribution in [2.24, 2.45) is 5.41 Å². The second-order valence-electron chi connectivity index (χ2n) is 4.99. The molecular weight excluding hydrogens is 254 g/mol. The van der Waals surface area contributed by atoms with Crippen molar-refractivity contribution in [3.63, 3.8) is 0 Å². The van der Waals surface area contributed by atoms with Crippen molar-refractivity contribution < 1.29 is 4.74 Å². The number of benzene rings is 1. The maximum absolute atomic E-state index is 5.97. The molecule has 0 amide bonds. The number of halogens is 1. The fourth-order valence-electron chi connectivity index (χ4n) is 1.62. The minimum absolute atomic E-state index is 0.164. The summed E-state index contributed by atoms with van der Waals surface area (Å²) >= 11 is 3.45. The molecule has 2 rings (SSSR count). The van der Waals surface area contributed by atoms with E-state index in [0.29, 0.717) is 0 Å². The van der Waals surface area contributed by atoms with Crippen molar-refractivity contribution in [3.05, 3.63) is 22.7 Å². The van der Waals surface area contributed by atoms with Crippen LogP contribution >= 0.6 is 15.9 Å². The van der Waals surface area contributed by atoms with Gasteiger partial charge in [0.1, 0.15) is 11.9 Å². The van der Waals surface area contributed by atoms with E-state index in [1.54, 1.807) is 0 Å². The number of anilines is 1. The van der Waals surface area contributed by atoms with Crippen molar-refractivity contribution in [1.29, 1.82) is 0 Å². The van der Waals surface area contributed by atoms with Gasteiger partial charge in [0, 0.05) is 9.89 Å². The van der Waals surface area contributed by atoms with Crippen molar-refractivity contribution in [2.75, 3.05) is 11.9 Å². The molecule has 0 spiro atoms. The monoisotopic (exact) mass is 269 g/mol. The minimum atomic E-state index is 0.164. The van der Waals surface area contributed by atoms with Crippen LogP contribution < -0.4 is 10.1 Å². The van der Waals surface area contributed by atoms with E-state index in [2.05, 4.69) is 42.0 Å². The van der Waals surface area contributed by atoms with E-state index < -0.39 is 0 Å². The lowest BCUT2D eigenvalue weighted by Gasteiger charge is -2.35. The summed E-state index contributed by atoms with van der Waals surface area (Å²) in [7, 11) is 0. The van der Waals surface area contributed by atoms with Crippen LogP contribution in [0, 0.1) is 5.41 Å². The maximum atomic E-state index is 5.97. The molecule has 0 radical (unpaired) electrons. The van der Waals surface area contributed by atoms with E-state index in [-0.39, 0.29) is 11.5 Å². The van der Waals surface area contributed by atoms with Crippen LogP contribution in [-0.2, 0) is 0 Å². The van der Waals surface area contributed by atoms with Crippen LogP contribution in [0.25, 0.3) is 0 Å². The summed E-state index contributed by atoms with van der Waals surface area (Å²) in [5.41, 5.74) is 1.24. The molecule has 1 aromatic carbocycles. The van der Waals surface area contributed by atoms with E-state index in [1.807, 2.05) is 18.2 Å². The third-order valence-corrected chi connectivity index (χ3v) is 3.15. The Labute approximate surface area is 99.1 Å². The molecule has 1 aromatic rings. The minimum Gasteiger partial charge on any atom is -0.486 e. The Morgan fingerprint density at radius 1 is 1.40 bits per heavy atom. The highest BCUT2D eigenvalue weighted by molar-refractivity contribution is 9.10. The first-order valence-corrected chi connectivity index (χ1v) is 5.96. The number of hydrogen-bond acceptors (Lipinski definition) is 2. The zero-order valence-electron chi connectivity index (χ0n) is 9.30. The molecule has 1 atom stereocenters. The normalized spacial score (nSPS) is 20.1. The van der Waals surface area contributed by atoms with Crippen LogP contribution in [0.15, 0.2) is 22.7 Å². The van der Waals surface area contributed by atoms with Gasteiger partial charge in [-0.1, -0.05) is 36.7 Å².